The van der Waals surface area contributed by atoms with Crippen molar-refractivity contribution in [3.63, 3.8) is 0 Å². The largest absolute Gasteiger partial charge is 0.393 e. The summed E-state index contributed by atoms with van der Waals surface area (Å²) in [4.78, 5) is 12.8. The highest BCUT2D eigenvalue weighted by atomic mass is 16.4. The molecule has 7 unspecified atom stereocenters. The first-order valence-corrected chi connectivity index (χ1v) is 20.9. The molecule has 49 heavy (non-hydrogen) atoms. The van der Waals surface area contributed by atoms with Gasteiger partial charge in [-0.05, 0) is 25.7 Å². The Morgan fingerprint density at radius 1 is 0.633 bits per heavy atom. The molecule has 0 aromatic rings. The van der Waals surface area contributed by atoms with Crippen LogP contribution in [0.4, 0.5) is 0 Å². The number of nitrogens with one attached hydrogen (secondary N) is 2. The van der Waals surface area contributed by atoms with E-state index in [4.69, 9.17) is 0 Å². The number of rotatable bonds is 32. The van der Waals surface area contributed by atoms with Gasteiger partial charge in [0, 0.05) is 25.4 Å². The van der Waals surface area contributed by atoms with E-state index in [1.165, 1.54) is 128 Å². The quantitative estimate of drug-likeness (QED) is 0.0281. The maximum absolute atomic E-state index is 12.8. The SMILES string of the molecule is CCCCCCCCCCCCCCCCCCCCCCCCCC(=O)NC(CNC1CC=CCC(O)C(O)C1O)C(O)CC(O)CC. The number of aliphatic hydroxyl groups excluding tert-OH is 5. The Bertz CT molecular complexity index is 783. The molecule has 8 heteroatoms. The summed E-state index contributed by atoms with van der Waals surface area (Å²) in [6, 6.07) is -1.20. The number of carbonyl (C=O) groups is 1. The van der Waals surface area contributed by atoms with E-state index in [9.17, 15) is 30.3 Å². The van der Waals surface area contributed by atoms with Gasteiger partial charge in [-0.2, -0.15) is 0 Å². The van der Waals surface area contributed by atoms with Gasteiger partial charge in [0.05, 0.1) is 30.5 Å². The molecule has 0 bridgehead atoms. The highest BCUT2D eigenvalue weighted by molar-refractivity contribution is 5.76. The fraction of sp³-hybridized carbons (Fsp3) is 0.927. The van der Waals surface area contributed by atoms with Crippen molar-refractivity contribution >= 4 is 5.91 Å². The number of hydrogen-bond acceptors (Lipinski definition) is 7. The molecule has 0 aromatic carbocycles. The van der Waals surface area contributed by atoms with Crippen molar-refractivity contribution in [2.75, 3.05) is 6.54 Å². The Morgan fingerprint density at radius 3 is 1.51 bits per heavy atom. The van der Waals surface area contributed by atoms with Gasteiger partial charge in [-0.1, -0.05) is 167 Å². The third-order valence-electron chi connectivity index (χ3n) is 10.5. The Morgan fingerprint density at radius 2 is 1.06 bits per heavy atom. The zero-order valence-electron chi connectivity index (χ0n) is 31.8. The molecule has 8 nitrogen and oxygen atoms in total. The van der Waals surface area contributed by atoms with E-state index in [0.717, 1.165) is 19.3 Å². The van der Waals surface area contributed by atoms with E-state index in [1.54, 1.807) is 6.08 Å². The lowest BCUT2D eigenvalue weighted by molar-refractivity contribution is -0.123. The van der Waals surface area contributed by atoms with Gasteiger partial charge < -0.3 is 36.2 Å². The van der Waals surface area contributed by atoms with Crippen LogP contribution in [0.3, 0.4) is 0 Å². The van der Waals surface area contributed by atoms with Crippen molar-refractivity contribution in [2.45, 2.75) is 236 Å². The lowest BCUT2D eigenvalue weighted by atomic mass is 9.93. The summed E-state index contributed by atoms with van der Waals surface area (Å²) in [6.07, 6.45) is 30.8. The minimum absolute atomic E-state index is 0.131. The molecular formula is C41H80N2O6. The maximum atomic E-state index is 12.8. The van der Waals surface area contributed by atoms with Crippen LogP contribution in [0.15, 0.2) is 12.2 Å². The van der Waals surface area contributed by atoms with Crippen LogP contribution < -0.4 is 10.6 Å². The third-order valence-corrected chi connectivity index (χ3v) is 10.5. The average molecular weight is 697 g/mol. The first-order chi connectivity index (χ1) is 23.8. The van der Waals surface area contributed by atoms with Crippen molar-refractivity contribution in [3.05, 3.63) is 12.2 Å². The third kappa shape index (κ3) is 24.7. The molecule has 0 aromatic heterocycles. The number of aliphatic hydroxyl groups is 5. The number of hydrogen-bond donors (Lipinski definition) is 7. The van der Waals surface area contributed by atoms with E-state index in [1.807, 2.05) is 13.0 Å². The lowest BCUT2D eigenvalue weighted by Crippen LogP contribution is -2.56. The Labute approximate surface area is 301 Å². The number of unbranched alkanes of at least 4 members (excludes halogenated alkanes) is 22. The van der Waals surface area contributed by atoms with E-state index in [0.29, 0.717) is 19.3 Å². The zero-order chi connectivity index (χ0) is 36.0. The van der Waals surface area contributed by atoms with Gasteiger partial charge in [0.15, 0.2) is 0 Å². The molecule has 290 valence electrons. The van der Waals surface area contributed by atoms with Crippen molar-refractivity contribution in [1.29, 1.82) is 0 Å². The maximum Gasteiger partial charge on any atom is 0.220 e. The second-order valence-electron chi connectivity index (χ2n) is 15.1. The predicted molar refractivity (Wildman–Crippen MR) is 204 cm³/mol. The summed E-state index contributed by atoms with van der Waals surface area (Å²) >= 11 is 0. The monoisotopic (exact) mass is 697 g/mol. The van der Waals surface area contributed by atoms with Crippen LogP contribution in [0.5, 0.6) is 0 Å². The molecule has 1 amide bonds. The van der Waals surface area contributed by atoms with Crippen LogP contribution in [0.1, 0.15) is 194 Å². The molecule has 0 spiro atoms. The van der Waals surface area contributed by atoms with Crippen LogP contribution in [-0.4, -0.2) is 80.6 Å². The minimum atomic E-state index is -1.29. The lowest BCUT2D eigenvalue weighted by Gasteiger charge is -2.33. The van der Waals surface area contributed by atoms with Gasteiger partial charge in [0.2, 0.25) is 5.91 Å². The van der Waals surface area contributed by atoms with Crippen LogP contribution in [0.2, 0.25) is 0 Å². The topological polar surface area (TPSA) is 142 Å². The first-order valence-electron chi connectivity index (χ1n) is 20.9. The fourth-order valence-electron chi connectivity index (χ4n) is 6.95. The van der Waals surface area contributed by atoms with Crippen molar-refractivity contribution in [2.24, 2.45) is 0 Å². The first kappa shape index (κ1) is 46.0. The zero-order valence-corrected chi connectivity index (χ0v) is 31.8. The predicted octanol–water partition coefficient (Wildman–Crippen LogP) is 7.77. The van der Waals surface area contributed by atoms with Crippen molar-refractivity contribution in [1.82, 2.24) is 10.6 Å². The standard InChI is InChI=1S/C41H80N2O6/c1-3-5-6-7-8-9-10-11-12-13-14-15-16-17-18-19-20-21-22-23-24-25-26-31-39(47)43-36(38(46)32-34(44)4-2)33-42-35-29-27-28-30-37(45)41(49)40(35)48/h27-28,34-38,40-42,44-46,48-49H,3-26,29-33H2,1-2H3,(H,43,47). The van der Waals surface area contributed by atoms with Crippen molar-refractivity contribution < 1.29 is 30.3 Å². The molecule has 0 aliphatic heterocycles. The Balaban J connectivity index is 2.09. The minimum Gasteiger partial charge on any atom is -0.393 e. The summed E-state index contributed by atoms with van der Waals surface area (Å²) in [7, 11) is 0. The molecule has 0 saturated carbocycles. The van der Waals surface area contributed by atoms with Gasteiger partial charge in [-0.3, -0.25) is 4.79 Å². The highest BCUT2D eigenvalue weighted by Crippen LogP contribution is 2.18. The fourth-order valence-corrected chi connectivity index (χ4v) is 6.95. The summed E-state index contributed by atoms with van der Waals surface area (Å²) < 4.78 is 0. The average Bonchev–Trinajstić information content (AvgIpc) is 3.09. The molecular weight excluding hydrogens is 616 g/mol. The van der Waals surface area contributed by atoms with E-state index in [2.05, 4.69) is 17.6 Å². The second kappa shape index (κ2) is 31.7. The van der Waals surface area contributed by atoms with Gasteiger partial charge in [0.1, 0.15) is 6.10 Å². The van der Waals surface area contributed by atoms with Gasteiger partial charge in [0.25, 0.3) is 0 Å². The van der Waals surface area contributed by atoms with Gasteiger partial charge >= 0.3 is 0 Å². The van der Waals surface area contributed by atoms with Gasteiger partial charge in [-0.15, -0.1) is 0 Å². The smallest absolute Gasteiger partial charge is 0.220 e. The summed E-state index contributed by atoms with van der Waals surface area (Å²) in [5, 5.41) is 57.9. The number of carbonyl (C=O) groups excluding carboxylic acids is 1. The van der Waals surface area contributed by atoms with Crippen molar-refractivity contribution in [3.8, 4) is 0 Å². The van der Waals surface area contributed by atoms with Crippen LogP contribution >= 0.6 is 0 Å². The number of amides is 1. The normalized spacial score (nSPS) is 21.6. The Kier molecular flexibility index (Phi) is 29.7. The van der Waals surface area contributed by atoms with Crippen LogP contribution in [0, 0.1) is 0 Å². The molecule has 0 heterocycles. The second-order valence-corrected chi connectivity index (χ2v) is 15.1. The Hall–Kier alpha value is -1.03. The molecule has 1 aliphatic rings. The molecule has 1 aliphatic carbocycles. The summed E-state index contributed by atoms with van der Waals surface area (Å²) in [5.41, 5.74) is 0. The molecule has 7 atom stereocenters. The van der Waals surface area contributed by atoms with Gasteiger partial charge in [-0.25, -0.2) is 0 Å². The highest BCUT2D eigenvalue weighted by Gasteiger charge is 2.32. The molecule has 7 N–H and O–H groups in total. The van der Waals surface area contributed by atoms with Crippen LogP contribution in [-0.2, 0) is 4.79 Å². The van der Waals surface area contributed by atoms with E-state index < -0.39 is 42.6 Å². The molecule has 0 fully saturated rings. The summed E-state index contributed by atoms with van der Waals surface area (Å²) in [5.74, 6) is -0.131. The van der Waals surface area contributed by atoms with E-state index >= 15 is 0 Å². The molecule has 1 rings (SSSR count). The van der Waals surface area contributed by atoms with Crippen LogP contribution in [0.25, 0.3) is 0 Å². The molecule has 0 saturated heterocycles. The summed E-state index contributed by atoms with van der Waals surface area (Å²) in [6.45, 7) is 4.29. The van der Waals surface area contributed by atoms with E-state index in [-0.39, 0.29) is 25.3 Å². The molecule has 0 radical (unpaired) electrons.